The van der Waals surface area contributed by atoms with E-state index in [2.05, 4.69) is 16.6 Å². The van der Waals surface area contributed by atoms with Crippen molar-refractivity contribution in [3.8, 4) is 18.1 Å². The van der Waals surface area contributed by atoms with Crippen molar-refractivity contribution in [2.45, 2.75) is 13.0 Å². The van der Waals surface area contributed by atoms with E-state index in [1.165, 1.54) is 17.0 Å². The fourth-order valence-corrected chi connectivity index (χ4v) is 2.10. The Labute approximate surface area is 138 Å². The van der Waals surface area contributed by atoms with E-state index in [0.717, 1.165) is 0 Å². The molecule has 2 aromatic carbocycles. The van der Waals surface area contributed by atoms with Crippen LogP contribution in [0.25, 0.3) is 0 Å². The van der Waals surface area contributed by atoms with E-state index < -0.39 is 16.9 Å². The molecule has 24 heavy (non-hydrogen) atoms. The van der Waals surface area contributed by atoms with Gasteiger partial charge in [-0.2, -0.15) is 0 Å². The van der Waals surface area contributed by atoms with E-state index in [9.17, 15) is 19.5 Å². The van der Waals surface area contributed by atoms with Crippen LogP contribution in [0, 0.1) is 12.3 Å². The van der Waals surface area contributed by atoms with Crippen molar-refractivity contribution in [3.63, 3.8) is 0 Å². The van der Waals surface area contributed by atoms with Crippen LogP contribution in [0.15, 0.2) is 27.8 Å². The standard InChI is InChI=1S/C17H17N3O4/c1-5-9(2)18-12-13(16(23)15(12)22)19-11-8-6-7-10(14(11)21)17(24)20(3)4/h1,6-9,18-19,21H,2-4H3. The third kappa shape index (κ3) is 2.94. The fraction of sp³-hybridized carbons (Fsp3) is 0.235. The molecule has 1 unspecified atom stereocenters. The van der Waals surface area contributed by atoms with Gasteiger partial charge in [-0.05, 0) is 19.1 Å². The van der Waals surface area contributed by atoms with Gasteiger partial charge in [-0.15, -0.1) is 6.42 Å². The Hall–Kier alpha value is -3.27. The zero-order chi connectivity index (χ0) is 18.0. The average Bonchev–Trinajstić information content (AvgIpc) is 2.57. The summed E-state index contributed by atoms with van der Waals surface area (Å²) in [6, 6.07) is 4.07. The molecule has 0 aliphatic carbocycles. The van der Waals surface area contributed by atoms with Crippen molar-refractivity contribution >= 4 is 23.0 Å². The highest BCUT2D eigenvalue weighted by Gasteiger charge is 2.24. The van der Waals surface area contributed by atoms with E-state index in [0.29, 0.717) is 0 Å². The van der Waals surface area contributed by atoms with Crippen LogP contribution in [0.5, 0.6) is 5.75 Å². The summed E-state index contributed by atoms with van der Waals surface area (Å²) in [5.41, 5.74) is -1.10. The van der Waals surface area contributed by atoms with Crippen LogP contribution in [-0.2, 0) is 0 Å². The number of anilines is 3. The van der Waals surface area contributed by atoms with Gasteiger partial charge in [0.05, 0.1) is 17.3 Å². The van der Waals surface area contributed by atoms with Gasteiger partial charge in [-0.1, -0.05) is 12.0 Å². The summed E-state index contributed by atoms with van der Waals surface area (Å²) < 4.78 is 0. The molecule has 1 atom stereocenters. The first-order valence-electron chi connectivity index (χ1n) is 7.14. The molecule has 3 N–H and O–H groups in total. The lowest BCUT2D eigenvalue weighted by Gasteiger charge is -2.18. The first kappa shape index (κ1) is 17.1. The number of carbonyl (C=O) groups is 1. The molecular formula is C17H17N3O4. The van der Waals surface area contributed by atoms with E-state index in [4.69, 9.17) is 6.42 Å². The van der Waals surface area contributed by atoms with Gasteiger partial charge in [0, 0.05) is 14.1 Å². The summed E-state index contributed by atoms with van der Waals surface area (Å²) in [5, 5.41) is 15.7. The van der Waals surface area contributed by atoms with E-state index in [1.807, 2.05) is 0 Å². The molecule has 2 rings (SSSR count). The van der Waals surface area contributed by atoms with Crippen LogP contribution >= 0.6 is 0 Å². The summed E-state index contributed by atoms with van der Waals surface area (Å²) >= 11 is 0. The van der Waals surface area contributed by atoms with Crippen molar-refractivity contribution in [3.05, 3.63) is 44.2 Å². The molecule has 0 radical (unpaired) electrons. The zero-order valence-corrected chi connectivity index (χ0v) is 13.5. The second-order valence-corrected chi connectivity index (χ2v) is 5.47. The maximum atomic E-state index is 12.0. The molecular weight excluding hydrogens is 310 g/mol. The van der Waals surface area contributed by atoms with Crippen molar-refractivity contribution < 1.29 is 9.90 Å². The van der Waals surface area contributed by atoms with Gasteiger partial charge < -0.3 is 20.6 Å². The summed E-state index contributed by atoms with van der Waals surface area (Å²) in [5.74, 6) is 1.70. The number of phenolic OH excluding ortho intramolecular Hbond substituents is 1. The summed E-state index contributed by atoms with van der Waals surface area (Å²) in [6.45, 7) is 1.66. The van der Waals surface area contributed by atoms with Crippen LogP contribution in [0.2, 0.25) is 0 Å². The third-order valence-electron chi connectivity index (χ3n) is 3.45. The molecule has 2 aromatic rings. The molecule has 0 spiro atoms. The quantitative estimate of drug-likeness (QED) is 0.428. The van der Waals surface area contributed by atoms with E-state index >= 15 is 0 Å². The smallest absolute Gasteiger partial charge is 0.257 e. The van der Waals surface area contributed by atoms with E-state index in [1.54, 1.807) is 27.1 Å². The normalized spacial score (nSPS) is 11.6. The van der Waals surface area contributed by atoms with Gasteiger partial charge in [-0.25, -0.2) is 0 Å². The predicted octanol–water partition coefficient (Wildman–Crippen LogP) is 0.867. The predicted molar refractivity (Wildman–Crippen MR) is 92.7 cm³/mol. The lowest BCUT2D eigenvalue weighted by molar-refractivity contribution is 0.0825. The number of carbonyl (C=O) groups excluding carboxylic acids is 1. The number of aromatic hydroxyl groups is 1. The van der Waals surface area contributed by atoms with Gasteiger partial charge in [0.25, 0.3) is 16.8 Å². The molecule has 0 saturated carbocycles. The Kier molecular flexibility index (Phi) is 4.60. The summed E-state index contributed by atoms with van der Waals surface area (Å²) in [4.78, 5) is 36.8. The van der Waals surface area contributed by atoms with Gasteiger partial charge in [0.15, 0.2) is 5.75 Å². The highest BCUT2D eigenvalue weighted by Crippen LogP contribution is 2.32. The molecule has 7 heteroatoms. The lowest BCUT2D eigenvalue weighted by Crippen LogP contribution is -2.38. The third-order valence-corrected chi connectivity index (χ3v) is 3.45. The molecule has 0 saturated heterocycles. The maximum absolute atomic E-state index is 12.0. The minimum Gasteiger partial charge on any atom is -0.505 e. The number of nitrogens with one attached hydrogen (secondary N) is 2. The number of para-hydroxylation sites is 1. The molecule has 0 aliphatic heterocycles. The molecule has 0 aliphatic rings. The Balaban J connectivity index is 2.37. The molecule has 7 nitrogen and oxygen atoms in total. The lowest BCUT2D eigenvalue weighted by atomic mass is 10.1. The molecule has 0 aromatic heterocycles. The van der Waals surface area contributed by atoms with Crippen LogP contribution in [0.1, 0.15) is 17.3 Å². The minimum atomic E-state index is -0.717. The van der Waals surface area contributed by atoms with Crippen molar-refractivity contribution in [2.75, 3.05) is 24.7 Å². The van der Waals surface area contributed by atoms with Crippen molar-refractivity contribution in [1.82, 2.24) is 4.90 Å². The van der Waals surface area contributed by atoms with Gasteiger partial charge >= 0.3 is 0 Å². The monoisotopic (exact) mass is 327 g/mol. The molecule has 1 amide bonds. The van der Waals surface area contributed by atoms with Gasteiger partial charge in [0.1, 0.15) is 11.4 Å². The zero-order valence-electron chi connectivity index (χ0n) is 13.5. The molecule has 0 fully saturated rings. The number of terminal acetylenes is 1. The highest BCUT2D eigenvalue weighted by molar-refractivity contribution is 5.99. The first-order valence-corrected chi connectivity index (χ1v) is 7.14. The minimum absolute atomic E-state index is 0.00634. The molecule has 0 bridgehead atoms. The second-order valence-electron chi connectivity index (χ2n) is 5.47. The number of hydrogen-bond acceptors (Lipinski definition) is 6. The molecule has 0 heterocycles. The Morgan fingerprint density at radius 3 is 2.46 bits per heavy atom. The van der Waals surface area contributed by atoms with Crippen LogP contribution in [-0.4, -0.2) is 36.1 Å². The van der Waals surface area contributed by atoms with Crippen LogP contribution in [0.4, 0.5) is 17.1 Å². The van der Waals surface area contributed by atoms with Gasteiger partial charge in [0.2, 0.25) is 0 Å². The fourth-order valence-electron chi connectivity index (χ4n) is 2.10. The maximum Gasteiger partial charge on any atom is 0.257 e. The summed E-state index contributed by atoms with van der Waals surface area (Å²) in [6.07, 6.45) is 5.25. The number of benzene rings is 1. The molecule has 124 valence electrons. The first-order chi connectivity index (χ1) is 11.3. The number of rotatable bonds is 5. The Morgan fingerprint density at radius 1 is 1.25 bits per heavy atom. The van der Waals surface area contributed by atoms with Crippen LogP contribution in [0.3, 0.4) is 0 Å². The van der Waals surface area contributed by atoms with Crippen molar-refractivity contribution in [1.29, 1.82) is 0 Å². The SMILES string of the molecule is C#CC(C)Nc1c(Nc2cccc(C(=O)N(C)C)c2O)c(=O)c1=O. The number of amides is 1. The summed E-state index contributed by atoms with van der Waals surface area (Å²) in [7, 11) is 3.11. The number of nitrogens with zero attached hydrogens (tertiary/aromatic N) is 1. The number of hydrogen-bond donors (Lipinski definition) is 3. The number of phenols is 1. The largest absolute Gasteiger partial charge is 0.505 e. The topological polar surface area (TPSA) is 98.7 Å². The average molecular weight is 327 g/mol. The van der Waals surface area contributed by atoms with Gasteiger partial charge in [-0.3, -0.25) is 14.4 Å². The Morgan fingerprint density at radius 2 is 1.88 bits per heavy atom. The van der Waals surface area contributed by atoms with E-state index in [-0.39, 0.29) is 34.3 Å². The van der Waals surface area contributed by atoms with Crippen LogP contribution < -0.4 is 21.5 Å². The Bertz CT molecular complexity index is 902. The second kappa shape index (κ2) is 6.46. The highest BCUT2D eigenvalue weighted by atomic mass is 16.3. The van der Waals surface area contributed by atoms with Crippen molar-refractivity contribution in [2.24, 2.45) is 0 Å².